The Hall–Kier alpha value is -0.830. The fourth-order valence-electron chi connectivity index (χ4n) is 1.74. The fraction of sp³-hybridized carbons (Fsp3) is 0.727. The lowest BCUT2D eigenvalue weighted by Crippen LogP contribution is -2.42. The van der Waals surface area contributed by atoms with Crippen molar-refractivity contribution in [3.63, 3.8) is 0 Å². The summed E-state index contributed by atoms with van der Waals surface area (Å²) in [6, 6.07) is 0. The molecule has 0 aliphatic carbocycles. The van der Waals surface area contributed by atoms with Gasteiger partial charge in [-0.25, -0.2) is 4.79 Å². The van der Waals surface area contributed by atoms with Gasteiger partial charge in [0.25, 0.3) is 0 Å². The van der Waals surface area contributed by atoms with Crippen LogP contribution in [0, 0.1) is 5.41 Å². The van der Waals surface area contributed by atoms with Gasteiger partial charge in [-0.3, -0.25) is 0 Å². The van der Waals surface area contributed by atoms with E-state index >= 15 is 0 Å². The lowest BCUT2D eigenvalue weighted by molar-refractivity contribution is -0.132. The highest BCUT2D eigenvalue weighted by molar-refractivity contribution is 5.85. The summed E-state index contributed by atoms with van der Waals surface area (Å²) in [5.41, 5.74) is 0.665. The van der Waals surface area contributed by atoms with Crippen molar-refractivity contribution >= 4 is 5.97 Å². The standard InChI is InChI=1S/C11H18O3/c1-3-5-11(7-14-8-11)6-4-9(2)10(12)13/h4H,3,5-8H2,1-2H3,(H,12,13). The predicted molar refractivity (Wildman–Crippen MR) is 54.2 cm³/mol. The van der Waals surface area contributed by atoms with E-state index in [0.717, 1.165) is 32.5 Å². The molecule has 3 nitrogen and oxygen atoms in total. The van der Waals surface area contributed by atoms with Crippen molar-refractivity contribution in [1.82, 2.24) is 0 Å². The van der Waals surface area contributed by atoms with E-state index in [2.05, 4.69) is 6.92 Å². The van der Waals surface area contributed by atoms with Gasteiger partial charge in [0.05, 0.1) is 13.2 Å². The van der Waals surface area contributed by atoms with Crippen LogP contribution in [0.4, 0.5) is 0 Å². The Morgan fingerprint density at radius 2 is 2.21 bits per heavy atom. The third-order valence-corrected chi connectivity index (χ3v) is 2.78. The van der Waals surface area contributed by atoms with Gasteiger partial charge >= 0.3 is 5.97 Å². The van der Waals surface area contributed by atoms with Crippen LogP contribution in [0.3, 0.4) is 0 Å². The van der Waals surface area contributed by atoms with E-state index in [1.54, 1.807) is 6.92 Å². The van der Waals surface area contributed by atoms with Gasteiger partial charge in [0.1, 0.15) is 0 Å². The van der Waals surface area contributed by atoms with Crippen LogP contribution in [0.25, 0.3) is 0 Å². The van der Waals surface area contributed by atoms with Gasteiger partial charge < -0.3 is 9.84 Å². The molecular formula is C11H18O3. The Kier molecular flexibility index (Phi) is 3.69. The summed E-state index contributed by atoms with van der Waals surface area (Å²) in [6.45, 7) is 5.35. The van der Waals surface area contributed by atoms with Gasteiger partial charge in [0.15, 0.2) is 0 Å². The first kappa shape index (κ1) is 11.2. The van der Waals surface area contributed by atoms with E-state index in [1.165, 1.54) is 0 Å². The molecule has 0 unspecified atom stereocenters. The molecule has 0 aromatic heterocycles. The molecule has 0 saturated carbocycles. The zero-order valence-electron chi connectivity index (χ0n) is 8.88. The van der Waals surface area contributed by atoms with Crippen molar-refractivity contribution in [2.45, 2.75) is 33.1 Å². The van der Waals surface area contributed by atoms with Gasteiger partial charge in [0, 0.05) is 11.0 Å². The Labute approximate surface area is 84.8 Å². The van der Waals surface area contributed by atoms with Crippen LogP contribution in [0.1, 0.15) is 33.1 Å². The number of hydrogen-bond acceptors (Lipinski definition) is 2. The molecular weight excluding hydrogens is 180 g/mol. The van der Waals surface area contributed by atoms with Gasteiger partial charge in [-0.2, -0.15) is 0 Å². The molecule has 80 valence electrons. The highest BCUT2D eigenvalue weighted by atomic mass is 16.5. The van der Waals surface area contributed by atoms with Crippen molar-refractivity contribution in [2.24, 2.45) is 5.41 Å². The minimum Gasteiger partial charge on any atom is -0.478 e. The monoisotopic (exact) mass is 198 g/mol. The van der Waals surface area contributed by atoms with Gasteiger partial charge in [-0.05, 0) is 19.8 Å². The predicted octanol–water partition coefficient (Wildman–Crippen LogP) is 2.22. The van der Waals surface area contributed by atoms with Crippen LogP contribution < -0.4 is 0 Å². The summed E-state index contributed by atoms with van der Waals surface area (Å²) in [7, 11) is 0. The number of allylic oxidation sites excluding steroid dienone is 1. The quantitative estimate of drug-likeness (QED) is 0.689. The van der Waals surface area contributed by atoms with Gasteiger partial charge in [-0.15, -0.1) is 0 Å². The maximum Gasteiger partial charge on any atom is 0.330 e. The first-order valence-corrected chi connectivity index (χ1v) is 5.07. The van der Waals surface area contributed by atoms with Crippen molar-refractivity contribution in [2.75, 3.05) is 13.2 Å². The molecule has 1 N–H and O–H groups in total. The number of carbonyl (C=O) groups is 1. The van der Waals surface area contributed by atoms with Crippen LogP contribution in [0.15, 0.2) is 11.6 Å². The third-order valence-electron chi connectivity index (χ3n) is 2.78. The summed E-state index contributed by atoms with van der Waals surface area (Å²) in [5.74, 6) is -0.822. The zero-order chi connectivity index (χ0) is 10.6. The largest absolute Gasteiger partial charge is 0.478 e. The zero-order valence-corrected chi connectivity index (χ0v) is 8.88. The van der Waals surface area contributed by atoms with Gasteiger partial charge in [0.2, 0.25) is 0 Å². The topological polar surface area (TPSA) is 46.5 Å². The Morgan fingerprint density at radius 3 is 2.57 bits per heavy atom. The molecule has 0 aromatic rings. The number of ether oxygens (including phenoxy) is 1. The van der Waals surface area contributed by atoms with Crippen molar-refractivity contribution < 1.29 is 14.6 Å². The van der Waals surface area contributed by atoms with Crippen LogP contribution >= 0.6 is 0 Å². The molecule has 1 saturated heterocycles. The third kappa shape index (κ3) is 2.58. The highest BCUT2D eigenvalue weighted by Crippen LogP contribution is 2.36. The number of hydrogen-bond donors (Lipinski definition) is 1. The summed E-state index contributed by atoms with van der Waals surface area (Å²) >= 11 is 0. The molecule has 1 aliphatic heterocycles. The summed E-state index contributed by atoms with van der Waals surface area (Å²) in [6.07, 6.45) is 4.90. The molecule has 14 heavy (non-hydrogen) atoms. The molecule has 0 bridgehead atoms. The summed E-state index contributed by atoms with van der Waals surface area (Å²) < 4.78 is 5.21. The second-order valence-corrected chi connectivity index (χ2v) is 4.14. The number of carboxylic acids is 1. The molecule has 1 fully saturated rings. The van der Waals surface area contributed by atoms with E-state index < -0.39 is 5.97 Å². The number of rotatable bonds is 5. The fourth-order valence-corrected chi connectivity index (χ4v) is 1.74. The Balaban J connectivity index is 2.49. The minimum absolute atomic E-state index is 0.228. The second kappa shape index (κ2) is 4.60. The average molecular weight is 198 g/mol. The van der Waals surface area contributed by atoms with Crippen LogP contribution in [-0.4, -0.2) is 24.3 Å². The van der Waals surface area contributed by atoms with E-state index in [0.29, 0.717) is 5.57 Å². The van der Waals surface area contributed by atoms with Crippen molar-refractivity contribution in [3.05, 3.63) is 11.6 Å². The second-order valence-electron chi connectivity index (χ2n) is 4.14. The maximum atomic E-state index is 10.6. The maximum absolute atomic E-state index is 10.6. The first-order chi connectivity index (χ1) is 6.59. The molecule has 1 aliphatic rings. The van der Waals surface area contributed by atoms with E-state index in [1.807, 2.05) is 6.08 Å². The normalized spacial score (nSPS) is 20.3. The molecule has 0 aromatic carbocycles. The van der Waals surface area contributed by atoms with Crippen molar-refractivity contribution in [1.29, 1.82) is 0 Å². The van der Waals surface area contributed by atoms with Gasteiger partial charge in [-0.1, -0.05) is 19.4 Å². The van der Waals surface area contributed by atoms with Crippen LogP contribution in [-0.2, 0) is 9.53 Å². The van der Waals surface area contributed by atoms with E-state index in [9.17, 15) is 4.79 Å². The molecule has 0 spiro atoms. The lowest BCUT2D eigenvalue weighted by Gasteiger charge is -2.41. The Morgan fingerprint density at radius 1 is 1.57 bits per heavy atom. The Bertz CT molecular complexity index is 239. The van der Waals surface area contributed by atoms with Crippen LogP contribution in [0.5, 0.6) is 0 Å². The first-order valence-electron chi connectivity index (χ1n) is 5.07. The summed E-state index contributed by atoms with van der Waals surface area (Å²) in [5, 5.41) is 8.70. The molecule has 0 amide bonds. The summed E-state index contributed by atoms with van der Waals surface area (Å²) in [4.78, 5) is 10.6. The molecule has 0 radical (unpaired) electrons. The smallest absolute Gasteiger partial charge is 0.330 e. The van der Waals surface area contributed by atoms with E-state index in [4.69, 9.17) is 9.84 Å². The van der Waals surface area contributed by atoms with Crippen molar-refractivity contribution in [3.8, 4) is 0 Å². The average Bonchev–Trinajstić information content (AvgIpc) is 2.08. The number of carboxylic acid groups (broad SMARTS) is 1. The lowest BCUT2D eigenvalue weighted by atomic mass is 9.78. The highest BCUT2D eigenvalue weighted by Gasteiger charge is 2.36. The van der Waals surface area contributed by atoms with E-state index in [-0.39, 0.29) is 5.41 Å². The molecule has 1 heterocycles. The SMILES string of the molecule is CCCC1(CC=C(C)C(=O)O)COC1. The molecule has 3 heteroatoms. The minimum atomic E-state index is -0.822. The molecule has 1 rings (SSSR count). The number of aliphatic carboxylic acids is 1. The van der Waals surface area contributed by atoms with Crippen LogP contribution in [0.2, 0.25) is 0 Å². The molecule has 0 atom stereocenters.